The Hall–Kier alpha value is -1.10. The highest BCUT2D eigenvalue weighted by molar-refractivity contribution is 5.80. The molecule has 2 atom stereocenters. The first kappa shape index (κ1) is 12.0. The van der Waals surface area contributed by atoms with E-state index < -0.39 is 5.97 Å². The second kappa shape index (κ2) is 5.11. The van der Waals surface area contributed by atoms with Crippen molar-refractivity contribution in [1.82, 2.24) is 4.90 Å². The van der Waals surface area contributed by atoms with Crippen LogP contribution in [-0.4, -0.2) is 47.2 Å². The number of aliphatic carboxylic acids is 1. The molecule has 5 nitrogen and oxygen atoms in total. The minimum atomic E-state index is -0.810. The zero-order valence-electron chi connectivity index (χ0n) is 8.85. The third kappa shape index (κ3) is 2.92. The molecule has 1 rings (SSSR count). The Labute approximate surface area is 88.7 Å². The fraction of sp³-hybridized carbons (Fsp3) is 0.800. The van der Waals surface area contributed by atoms with Gasteiger partial charge in [0.25, 0.3) is 0 Å². The molecule has 0 bridgehead atoms. The molecule has 0 aliphatic heterocycles. The van der Waals surface area contributed by atoms with Crippen molar-refractivity contribution in [3.05, 3.63) is 0 Å². The summed E-state index contributed by atoms with van der Waals surface area (Å²) in [5, 5.41) is 17.5. The number of nitrogens with zero attached hydrogens (tertiary/aromatic N) is 1. The second-order valence-corrected chi connectivity index (χ2v) is 4.03. The predicted molar refractivity (Wildman–Crippen MR) is 53.2 cm³/mol. The van der Waals surface area contributed by atoms with Crippen LogP contribution in [0.3, 0.4) is 0 Å². The van der Waals surface area contributed by atoms with Crippen LogP contribution < -0.4 is 0 Å². The summed E-state index contributed by atoms with van der Waals surface area (Å²) in [6.07, 6.45) is 1.66. The molecule has 15 heavy (non-hydrogen) atoms. The molecule has 1 amide bonds. The maximum absolute atomic E-state index is 11.7. The first-order valence-corrected chi connectivity index (χ1v) is 5.15. The maximum atomic E-state index is 11.7. The number of aliphatic hydroxyl groups excluding tert-OH is 1. The monoisotopic (exact) mass is 215 g/mol. The average Bonchev–Trinajstić information content (AvgIpc) is 2.65. The zero-order chi connectivity index (χ0) is 11.4. The maximum Gasteiger partial charge on any atom is 0.306 e. The standard InChI is InChI=1S/C10H17NO4/c1-11(4-5-12)9(13)7-2-3-8(6-7)10(14)15/h7-8,12H,2-6H2,1H3,(H,14,15). The summed E-state index contributed by atoms with van der Waals surface area (Å²) in [5.74, 6) is -1.41. The number of hydrogen-bond acceptors (Lipinski definition) is 3. The van der Waals surface area contributed by atoms with Gasteiger partial charge >= 0.3 is 5.97 Å². The molecule has 1 saturated carbocycles. The molecule has 1 aliphatic rings. The van der Waals surface area contributed by atoms with Crippen molar-refractivity contribution in [1.29, 1.82) is 0 Å². The summed E-state index contributed by atoms with van der Waals surface area (Å²) in [6.45, 7) is 0.254. The Morgan fingerprint density at radius 1 is 1.33 bits per heavy atom. The van der Waals surface area contributed by atoms with Gasteiger partial charge in [0.15, 0.2) is 0 Å². The van der Waals surface area contributed by atoms with Crippen LogP contribution in [0.15, 0.2) is 0 Å². The summed E-state index contributed by atoms with van der Waals surface area (Å²) >= 11 is 0. The van der Waals surface area contributed by atoms with Crippen molar-refractivity contribution in [2.24, 2.45) is 11.8 Å². The number of aliphatic hydroxyl groups is 1. The van der Waals surface area contributed by atoms with E-state index in [1.165, 1.54) is 4.90 Å². The van der Waals surface area contributed by atoms with Crippen molar-refractivity contribution < 1.29 is 19.8 Å². The molecule has 2 N–H and O–H groups in total. The summed E-state index contributed by atoms with van der Waals surface area (Å²) in [7, 11) is 1.63. The topological polar surface area (TPSA) is 77.8 Å². The molecule has 5 heteroatoms. The molecule has 0 spiro atoms. The van der Waals surface area contributed by atoms with Crippen molar-refractivity contribution in [3.63, 3.8) is 0 Å². The Morgan fingerprint density at radius 2 is 1.93 bits per heavy atom. The first-order valence-electron chi connectivity index (χ1n) is 5.15. The lowest BCUT2D eigenvalue weighted by Gasteiger charge is -2.19. The molecule has 86 valence electrons. The SMILES string of the molecule is CN(CCO)C(=O)C1CCC(C(=O)O)C1. The van der Waals surface area contributed by atoms with Gasteiger partial charge in [0.2, 0.25) is 5.91 Å². The summed E-state index contributed by atoms with van der Waals surface area (Å²) in [4.78, 5) is 23.9. The second-order valence-electron chi connectivity index (χ2n) is 4.03. The van der Waals surface area contributed by atoms with Crippen molar-refractivity contribution in [2.75, 3.05) is 20.2 Å². The van der Waals surface area contributed by atoms with E-state index in [2.05, 4.69) is 0 Å². The number of carbonyl (C=O) groups is 2. The Bertz CT molecular complexity index is 254. The third-order valence-corrected chi connectivity index (χ3v) is 2.94. The van der Waals surface area contributed by atoms with E-state index in [1.54, 1.807) is 7.05 Å². The smallest absolute Gasteiger partial charge is 0.306 e. The molecule has 0 saturated heterocycles. The highest BCUT2D eigenvalue weighted by atomic mass is 16.4. The molecule has 1 aliphatic carbocycles. The Kier molecular flexibility index (Phi) is 4.08. The van der Waals surface area contributed by atoms with Crippen molar-refractivity contribution >= 4 is 11.9 Å². The molecular formula is C10H17NO4. The van der Waals surface area contributed by atoms with E-state index in [1.807, 2.05) is 0 Å². The zero-order valence-corrected chi connectivity index (χ0v) is 8.85. The average molecular weight is 215 g/mol. The molecular weight excluding hydrogens is 198 g/mol. The molecule has 0 aromatic rings. The lowest BCUT2D eigenvalue weighted by molar-refractivity contribution is -0.141. The van der Waals surface area contributed by atoms with Crippen LogP contribution in [0.4, 0.5) is 0 Å². The van der Waals surface area contributed by atoms with Gasteiger partial charge in [-0.1, -0.05) is 0 Å². The van der Waals surface area contributed by atoms with Crippen LogP contribution in [0.2, 0.25) is 0 Å². The van der Waals surface area contributed by atoms with Gasteiger partial charge in [0.1, 0.15) is 0 Å². The van der Waals surface area contributed by atoms with Gasteiger partial charge in [-0.15, -0.1) is 0 Å². The van der Waals surface area contributed by atoms with Crippen LogP contribution in [0.25, 0.3) is 0 Å². The number of carboxylic acid groups (broad SMARTS) is 1. The predicted octanol–water partition coefficient (Wildman–Crippen LogP) is -0.0620. The highest BCUT2D eigenvalue weighted by Gasteiger charge is 2.34. The molecule has 0 aromatic carbocycles. The molecule has 2 unspecified atom stereocenters. The molecule has 0 heterocycles. The third-order valence-electron chi connectivity index (χ3n) is 2.94. The van der Waals surface area contributed by atoms with E-state index in [-0.39, 0.29) is 24.3 Å². The van der Waals surface area contributed by atoms with Gasteiger partial charge in [-0.3, -0.25) is 9.59 Å². The summed E-state index contributed by atoms with van der Waals surface area (Å²) in [6, 6.07) is 0. The summed E-state index contributed by atoms with van der Waals surface area (Å²) in [5.41, 5.74) is 0. The van der Waals surface area contributed by atoms with Crippen molar-refractivity contribution in [2.45, 2.75) is 19.3 Å². The number of carboxylic acids is 1. The Morgan fingerprint density at radius 3 is 2.40 bits per heavy atom. The normalized spacial score (nSPS) is 25.2. The number of amides is 1. The van der Waals surface area contributed by atoms with Crippen LogP contribution in [-0.2, 0) is 9.59 Å². The lowest BCUT2D eigenvalue weighted by atomic mass is 10.0. The largest absolute Gasteiger partial charge is 0.481 e. The minimum absolute atomic E-state index is 0.0483. The fourth-order valence-electron chi connectivity index (χ4n) is 2.00. The van der Waals surface area contributed by atoms with Gasteiger partial charge in [0, 0.05) is 19.5 Å². The van der Waals surface area contributed by atoms with E-state index in [4.69, 9.17) is 10.2 Å². The van der Waals surface area contributed by atoms with Crippen molar-refractivity contribution in [3.8, 4) is 0 Å². The lowest BCUT2D eigenvalue weighted by Crippen LogP contribution is -2.34. The van der Waals surface area contributed by atoms with Gasteiger partial charge < -0.3 is 15.1 Å². The minimum Gasteiger partial charge on any atom is -0.481 e. The van der Waals surface area contributed by atoms with E-state index in [9.17, 15) is 9.59 Å². The van der Waals surface area contributed by atoms with Crippen LogP contribution >= 0.6 is 0 Å². The number of hydrogen-bond donors (Lipinski definition) is 2. The number of rotatable bonds is 4. The van der Waals surface area contributed by atoms with E-state index in [0.29, 0.717) is 25.8 Å². The van der Waals surface area contributed by atoms with Gasteiger partial charge in [-0.2, -0.15) is 0 Å². The number of likely N-dealkylation sites (N-methyl/N-ethyl adjacent to an activating group) is 1. The number of carbonyl (C=O) groups excluding carboxylic acids is 1. The van der Waals surface area contributed by atoms with Crippen LogP contribution in [0.5, 0.6) is 0 Å². The van der Waals surface area contributed by atoms with Gasteiger partial charge in [-0.25, -0.2) is 0 Å². The van der Waals surface area contributed by atoms with E-state index >= 15 is 0 Å². The highest BCUT2D eigenvalue weighted by Crippen LogP contribution is 2.32. The molecule has 0 aromatic heterocycles. The van der Waals surface area contributed by atoms with Crippen LogP contribution in [0, 0.1) is 11.8 Å². The van der Waals surface area contributed by atoms with Crippen LogP contribution in [0.1, 0.15) is 19.3 Å². The van der Waals surface area contributed by atoms with Gasteiger partial charge in [-0.05, 0) is 19.3 Å². The quantitative estimate of drug-likeness (QED) is 0.688. The Balaban J connectivity index is 2.46. The first-order chi connectivity index (χ1) is 7.06. The molecule has 1 fully saturated rings. The van der Waals surface area contributed by atoms with Gasteiger partial charge in [0.05, 0.1) is 12.5 Å². The molecule has 0 radical (unpaired) electrons. The van der Waals surface area contributed by atoms with E-state index in [0.717, 1.165) is 0 Å². The fourth-order valence-corrected chi connectivity index (χ4v) is 2.00. The summed E-state index contributed by atoms with van der Waals surface area (Å²) < 4.78 is 0.